The Bertz CT molecular complexity index is 5640. The number of carbonyl (C=O) groups is 13. The van der Waals surface area contributed by atoms with Crippen molar-refractivity contribution in [2.75, 3.05) is 61.5 Å². The average molecular weight is 1650 g/mol. The summed E-state index contributed by atoms with van der Waals surface area (Å²) in [6.45, 7) is 6.87. The lowest BCUT2D eigenvalue weighted by Crippen LogP contribution is -2.52. The Labute approximate surface area is 704 Å². The first-order valence-electron chi connectivity index (χ1n) is 40.5. The second-order valence-corrected chi connectivity index (χ2v) is 30.7. The molecule has 8 aromatic carbocycles. The predicted octanol–water partition coefficient (Wildman–Crippen LogP) is 12.3. The molecule has 2 fully saturated rings. The number of anilines is 6. The van der Waals surface area contributed by atoms with E-state index < -0.39 is 35.5 Å². The van der Waals surface area contributed by atoms with Crippen LogP contribution in [0.5, 0.6) is 0 Å². The van der Waals surface area contributed by atoms with Crippen molar-refractivity contribution < 1.29 is 72.2 Å². The van der Waals surface area contributed by atoms with Crippen LogP contribution in [0.25, 0.3) is 44.1 Å². The SMILES string of the molecule is CNC(=O)c1cnc2ccc(-c3ccc(C(=O)NCCCCCC(=O)CNc4cccc5c4CN(C4CCC(=O)NC4=O)C5=O)cc3)cc2c1Nc1ccccc1.CNC(=O)c1cnc2ccc(-c3ccc(C(=O)NCCCCCC(=O)OC(C)(C)C)cc3)cc2c1Nc1ccccc1.O=C(O)CNc1cccc2c1CN(C1CCC(=O)NC1=O)C2=O. The van der Waals surface area contributed by atoms with Crippen LogP contribution in [0, 0.1) is 0 Å². The molecule has 122 heavy (non-hydrogen) atoms. The van der Waals surface area contributed by atoms with Gasteiger partial charge in [0.15, 0.2) is 5.78 Å². The van der Waals surface area contributed by atoms with Crippen LogP contribution in [-0.2, 0) is 51.4 Å². The van der Waals surface area contributed by atoms with Crippen LogP contribution in [0.3, 0.4) is 0 Å². The molecule has 0 spiro atoms. The third kappa shape index (κ3) is 22.1. The average Bonchev–Trinajstić information content (AvgIpc) is 1.73. The Balaban J connectivity index is 0.000000183. The molecule has 29 nitrogen and oxygen atoms in total. The van der Waals surface area contributed by atoms with Crippen LogP contribution in [0.15, 0.2) is 194 Å². The lowest BCUT2D eigenvalue weighted by atomic mass is 9.99. The largest absolute Gasteiger partial charge is 0.480 e. The molecular formula is C93H96N14O15. The van der Waals surface area contributed by atoms with Crippen molar-refractivity contribution in [3.63, 3.8) is 0 Å². The number of pyridine rings is 2. The van der Waals surface area contributed by atoms with Crippen molar-refractivity contribution in [2.45, 2.75) is 129 Å². The van der Waals surface area contributed by atoms with Gasteiger partial charge in [0.05, 0.1) is 40.1 Å². The van der Waals surface area contributed by atoms with E-state index in [1.807, 2.05) is 148 Å². The van der Waals surface area contributed by atoms with E-state index in [1.54, 1.807) is 81.1 Å². The van der Waals surface area contributed by atoms with Gasteiger partial charge < -0.3 is 62.2 Å². The molecular weight excluding hydrogens is 1550 g/mol. The maximum atomic E-state index is 13.1. The Morgan fingerprint density at radius 2 is 0.893 bits per heavy atom. The lowest BCUT2D eigenvalue weighted by molar-refractivity contribution is -0.155. The summed E-state index contributed by atoms with van der Waals surface area (Å²) in [6, 6.07) is 54.8. The first-order chi connectivity index (χ1) is 58.8. The molecule has 2 unspecified atom stereocenters. The summed E-state index contributed by atoms with van der Waals surface area (Å²) in [4.78, 5) is 171. The summed E-state index contributed by atoms with van der Waals surface area (Å²) >= 11 is 0. The molecule has 11 N–H and O–H groups in total. The van der Waals surface area contributed by atoms with Crippen molar-refractivity contribution in [3.05, 3.63) is 239 Å². The number of carboxylic acid groups (broad SMARTS) is 1. The van der Waals surface area contributed by atoms with Crippen molar-refractivity contribution >= 4 is 133 Å². The number of imide groups is 2. The molecule has 0 bridgehead atoms. The molecule has 14 rings (SSSR count). The highest BCUT2D eigenvalue weighted by molar-refractivity contribution is 6.12. The number of aliphatic carboxylic acids is 1. The van der Waals surface area contributed by atoms with E-state index in [0.29, 0.717) is 100 Å². The van der Waals surface area contributed by atoms with Crippen LogP contribution in [0.2, 0.25) is 0 Å². The minimum absolute atomic E-state index is 0.0290. The molecule has 2 atom stereocenters. The number of nitrogens with zero attached hydrogens (tertiary/aromatic N) is 4. The van der Waals surface area contributed by atoms with E-state index >= 15 is 0 Å². The third-order valence-electron chi connectivity index (χ3n) is 21.0. The summed E-state index contributed by atoms with van der Waals surface area (Å²) in [7, 11) is 3.18. The number of piperidine rings is 2. The molecule has 4 aliphatic heterocycles. The Hall–Kier alpha value is -14.5. The van der Waals surface area contributed by atoms with Gasteiger partial charge in [0.1, 0.15) is 24.2 Å². The summed E-state index contributed by atoms with van der Waals surface area (Å²) in [6.07, 6.45) is 9.38. The molecule has 29 heteroatoms. The highest BCUT2D eigenvalue weighted by atomic mass is 16.6. The third-order valence-corrected chi connectivity index (χ3v) is 21.0. The zero-order valence-electron chi connectivity index (χ0n) is 68.3. The Morgan fingerprint density at radius 3 is 1.30 bits per heavy atom. The summed E-state index contributed by atoms with van der Waals surface area (Å²) < 4.78 is 5.32. The van der Waals surface area contributed by atoms with E-state index in [9.17, 15) is 62.3 Å². The minimum Gasteiger partial charge on any atom is -0.480 e. The highest BCUT2D eigenvalue weighted by Crippen LogP contribution is 2.38. The van der Waals surface area contributed by atoms with Crippen molar-refractivity contribution in [2.24, 2.45) is 0 Å². The number of carboxylic acids is 1. The molecule has 2 saturated heterocycles. The van der Waals surface area contributed by atoms with Crippen LogP contribution >= 0.6 is 0 Å². The number of para-hydroxylation sites is 2. The first kappa shape index (κ1) is 86.8. The molecule has 4 aliphatic rings. The molecule has 2 aromatic heterocycles. The number of hydrogen-bond acceptors (Lipinski definition) is 20. The number of aromatic nitrogens is 2. The van der Waals surface area contributed by atoms with Crippen molar-refractivity contribution in [1.29, 1.82) is 0 Å². The van der Waals surface area contributed by atoms with Gasteiger partial charge in [0.2, 0.25) is 23.6 Å². The van der Waals surface area contributed by atoms with Crippen LogP contribution in [0.1, 0.15) is 171 Å². The zero-order valence-corrected chi connectivity index (χ0v) is 68.3. The van der Waals surface area contributed by atoms with Crippen molar-refractivity contribution in [3.8, 4) is 22.3 Å². The normalized spacial score (nSPS) is 14.6. The fourth-order valence-electron chi connectivity index (χ4n) is 14.7. The Morgan fingerprint density at radius 1 is 0.475 bits per heavy atom. The minimum atomic E-state index is -1.01. The summed E-state index contributed by atoms with van der Waals surface area (Å²) in [5, 5.41) is 39.0. The van der Waals surface area contributed by atoms with Crippen LogP contribution in [0.4, 0.5) is 34.1 Å². The van der Waals surface area contributed by atoms with Gasteiger partial charge in [0, 0.05) is 145 Å². The van der Waals surface area contributed by atoms with Crippen LogP contribution < -0.4 is 53.2 Å². The lowest BCUT2D eigenvalue weighted by Gasteiger charge is -2.29. The maximum absolute atomic E-state index is 13.1. The van der Waals surface area contributed by atoms with Gasteiger partial charge in [-0.15, -0.1) is 0 Å². The summed E-state index contributed by atoms with van der Waals surface area (Å²) in [5.74, 6) is -4.11. The summed E-state index contributed by atoms with van der Waals surface area (Å²) in [5.41, 5.74) is 13.3. The number of Topliss-reactive ketones (excluding diaryl/α,β-unsaturated/α-hetero) is 1. The number of nitrogens with one attached hydrogen (secondary N) is 10. The van der Waals surface area contributed by atoms with Crippen molar-refractivity contribution in [1.82, 2.24) is 51.7 Å². The van der Waals surface area contributed by atoms with E-state index in [-0.39, 0.29) is 104 Å². The van der Waals surface area contributed by atoms with E-state index in [2.05, 4.69) is 63.1 Å². The van der Waals surface area contributed by atoms with E-state index in [0.717, 1.165) is 93.1 Å². The second kappa shape index (κ2) is 40.3. The standard InChI is InChI=1S/C44H43N7O6.C34H38N4O4.C15H15N3O5/c1-45-42(55)34-25-48-37-19-18-29(23-33(37)40(34)49-30-9-4-2-5-10-30)27-14-16-28(17-15-27)41(54)46-22-7-3-6-11-31(52)24-47-36-13-8-12-32-35(36)26-51(44(32)57)38-20-21-39(53)50-43(38)56;1-34(2,3)42-30(39)13-9-6-10-20-36-32(40)24-16-14-23(15-17-24)25-18-19-29-27(21-25)31(28(22-37-29)33(41)35-4)38-26-11-7-5-8-12-26;19-12-5-4-11(14(22)17-12)18-7-9-8(15(18)23)2-1-3-10(9)16-6-13(20)21/h2,4-5,8-10,12-19,23,25,38,47H,3,6-7,11,20-22,24,26H2,1H3,(H,45,55)(H,46,54)(H,48,49)(H,50,53,56);5,7-8,11-12,14-19,21-22H,6,9-10,13,20H2,1-4H3,(H,35,41)(H,36,40)(H,37,38);1-3,11,16H,4-7H2,(H,20,21)(H,17,19,22). The van der Waals surface area contributed by atoms with Gasteiger partial charge in [-0.05, 0) is 179 Å². The van der Waals surface area contributed by atoms with Gasteiger partial charge in [-0.2, -0.15) is 0 Å². The van der Waals surface area contributed by atoms with Gasteiger partial charge >= 0.3 is 11.9 Å². The fraction of sp³-hybridized carbons (Fsp3) is 0.280. The number of ether oxygens (including phenoxy) is 1. The second-order valence-electron chi connectivity index (χ2n) is 30.7. The van der Waals surface area contributed by atoms with Crippen LogP contribution in [-0.4, -0.2) is 160 Å². The highest BCUT2D eigenvalue weighted by Gasteiger charge is 2.42. The quantitative estimate of drug-likeness (QED) is 0.0113. The zero-order chi connectivity index (χ0) is 86.6. The molecule has 10 amide bonds. The number of unbranched alkanes of at least 4 members (excludes halogenated alkanes) is 4. The molecule has 10 aromatic rings. The fourth-order valence-corrected chi connectivity index (χ4v) is 14.7. The molecule has 0 saturated carbocycles. The number of ketones is 1. The number of carbonyl (C=O) groups excluding carboxylic acids is 12. The number of benzene rings is 8. The van der Waals surface area contributed by atoms with E-state index in [1.165, 1.54) is 9.80 Å². The molecule has 628 valence electrons. The number of rotatable bonds is 30. The first-order valence-corrected chi connectivity index (χ1v) is 40.5. The van der Waals surface area contributed by atoms with Gasteiger partial charge in [-0.3, -0.25) is 82.9 Å². The number of esters is 1. The molecule has 0 aliphatic carbocycles. The van der Waals surface area contributed by atoms with Gasteiger partial charge in [-0.1, -0.05) is 97.8 Å². The van der Waals surface area contributed by atoms with E-state index in [4.69, 9.17) is 9.84 Å². The smallest absolute Gasteiger partial charge is 0.322 e. The predicted molar refractivity (Wildman–Crippen MR) is 463 cm³/mol. The molecule has 0 radical (unpaired) electrons. The monoisotopic (exact) mass is 1650 g/mol. The number of hydrogen-bond donors (Lipinski definition) is 11. The maximum Gasteiger partial charge on any atom is 0.322 e. The topological polar surface area (TPSA) is 404 Å². The molecule has 6 heterocycles. The Kier molecular flexibility index (Phi) is 28.7. The van der Waals surface area contributed by atoms with Gasteiger partial charge in [0.25, 0.3) is 35.4 Å². The number of amides is 10. The van der Waals surface area contributed by atoms with Gasteiger partial charge in [-0.25, -0.2) is 0 Å². The number of fused-ring (bicyclic) bond motifs is 4.